The molecule has 0 aliphatic rings. The van der Waals surface area contributed by atoms with Crippen molar-refractivity contribution in [2.24, 2.45) is 0 Å². The number of alkyl halides is 2. The Hall–Kier alpha value is 0.410. The van der Waals surface area contributed by atoms with Crippen LogP contribution in [0, 0.1) is 0 Å². The van der Waals surface area contributed by atoms with E-state index in [1.807, 2.05) is 6.92 Å². The minimum Gasteiger partial charge on any atom is -0.250 e. The van der Waals surface area contributed by atoms with Crippen molar-refractivity contribution in [3.8, 4) is 0 Å². The van der Waals surface area contributed by atoms with Gasteiger partial charge in [-0.25, -0.2) is 4.39 Å². The summed E-state index contributed by atoms with van der Waals surface area (Å²) in [6, 6.07) is 0. The molecule has 0 bridgehead atoms. The molecule has 0 N–H and O–H groups in total. The van der Waals surface area contributed by atoms with Gasteiger partial charge < -0.3 is 0 Å². The van der Waals surface area contributed by atoms with Crippen molar-refractivity contribution in [3.05, 3.63) is 0 Å². The van der Waals surface area contributed by atoms with Crippen LogP contribution < -0.4 is 0 Å². The number of hydrogen-bond acceptors (Lipinski definition) is 0. The Kier molecular flexibility index (Phi) is 3.84. The lowest BCUT2D eigenvalue weighted by Gasteiger charge is -1.93. The summed E-state index contributed by atoms with van der Waals surface area (Å²) in [7, 11) is 0. The number of rotatable bonds is 2. The Morgan fingerprint density at radius 1 is 1.83 bits per heavy atom. The summed E-state index contributed by atoms with van der Waals surface area (Å²) >= 11 is 3.10. The van der Waals surface area contributed by atoms with Gasteiger partial charge in [0.05, 0.1) is 0 Å². The van der Waals surface area contributed by atoms with Gasteiger partial charge in [0, 0.05) is 4.83 Å². The molecular weight excluding hydrogens is 147 g/mol. The maximum Gasteiger partial charge on any atom is 0.102 e. The van der Waals surface area contributed by atoms with Crippen LogP contribution in [-0.2, 0) is 0 Å². The molecule has 0 aromatic carbocycles. The first-order chi connectivity index (χ1) is 2.81. The number of halogens is 2. The minimum absolute atomic E-state index is 0.0810. The molecule has 0 nitrogen and oxygen atoms in total. The fourth-order valence-corrected chi connectivity index (χ4v) is 0.109. The Bertz CT molecular complexity index is 26.7. The lowest BCUT2D eigenvalue weighted by molar-refractivity contribution is 0.482. The van der Waals surface area contributed by atoms with Crippen LogP contribution in [0.15, 0.2) is 0 Å². The molecule has 0 aliphatic carbocycles. The maximum absolute atomic E-state index is 11.3. The summed E-state index contributed by atoms with van der Waals surface area (Å²) in [5.41, 5.74) is 0. The highest BCUT2D eigenvalue weighted by molar-refractivity contribution is 9.09. The van der Waals surface area contributed by atoms with Crippen LogP contribution in [0.1, 0.15) is 13.3 Å². The molecule has 0 amide bonds. The predicted molar refractivity (Wildman–Crippen MR) is 29.0 cm³/mol. The van der Waals surface area contributed by atoms with Crippen LogP contribution in [0.4, 0.5) is 4.39 Å². The van der Waals surface area contributed by atoms with Crippen molar-refractivity contribution in [3.63, 3.8) is 0 Å². The summed E-state index contributed by atoms with van der Waals surface area (Å²) < 4.78 is 11.3. The van der Waals surface area contributed by atoms with Crippen molar-refractivity contribution >= 4 is 15.9 Å². The molecule has 0 aromatic heterocycles. The van der Waals surface area contributed by atoms with E-state index in [1.54, 1.807) is 0 Å². The van der Waals surface area contributed by atoms with Gasteiger partial charge in [-0.2, -0.15) is 0 Å². The van der Waals surface area contributed by atoms with Crippen molar-refractivity contribution in [1.29, 1.82) is 0 Å². The second-order valence-corrected chi connectivity index (χ2v) is 2.45. The SMILES string of the molecule is CCC(Br)CF. The summed E-state index contributed by atoms with van der Waals surface area (Å²) in [6.07, 6.45) is 0.872. The van der Waals surface area contributed by atoms with Crippen molar-refractivity contribution in [1.82, 2.24) is 0 Å². The van der Waals surface area contributed by atoms with Crippen LogP contribution in [0.2, 0.25) is 0 Å². The second kappa shape index (κ2) is 3.59. The van der Waals surface area contributed by atoms with E-state index in [1.165, 1.54) is 0 Å². The van der Waals surface area contributed by atoms with E-state index >= 15 is 0 Å². The highest BCUT2D eigenvalue weighted by Crippen LogP contribution is 2.02. The first kappa shape index (κ1) is 6.41. The van der Waals surface area contributed by atoms with E-state index in [4.69, 9.17) is 0 Å². The van der Waals surface area contributed by atoms with Gasteiger partial charge in [-0.05, 0) is 6.42 Å². The molecule has 0 rings (SSSR count). The van der Waals surface area contributed by atoms with Crippen molar-refractivity contribution in [2.45, 2.75) is 18.2 Å². The van der Waals surface area contributed by atoms with Crippen molar-refractivity contribution in [2.75, 3.05) is 6.67 Å². The Morgan fingerprint density at radius 2 is 2.33 bits per heavy atom. The van der Waals surface area contributed by atoms with Gasteiger partial charge in [0.1, 0.15) is 6.67 Å². The molecule has 0 heterocycles. The molecule has 0 saturated heterocycles. The lowest BCUT2D eigenvalue weighted by Crippen LogP contribution is -1.94. The first-order valence-corrected chi connectivity index (χ1v) is 2.92. The molecule has 0 aliphatic heterocycles. The molecule has 0 radical (unpaired) electrons. The summed E-state index contributed by atoms with van der Waals surface area (Å²) in [6.45, 7) is 1.69. The molecular formula is C4H8BrF. The third-order valence-electron chi connectivity index (χ3n) is 0.610. The minimum atomic E-state index is -0.253. The van der Waals surface area contributed by atoms with E-state index in [-0.39, 0.29) is 11.5 Å². The molecule has 0 fully saturated rings. The van der Waals surface area contributed by atoms with Gasteiger partial charge in [0.25, 0.3) is 0 Å². The highest BCUT2D eigenvalue weighted by Gasteiger charge is 1.94. The van der Waals surface area contributed by atoms with E-state index in [9.17, 15) is 4.39 Å². The highest BCUT2D eigenvalue weighted by atomic mass is 79.9. The lowest BCUT2D eigenvalue weighted by atomic mass is 10.4. The zero-order chi connectivity index (χ0) is 4.99. The molecule has 0 saturated carbocycles. The van der Waals surface area contributed by atoms with E-state index < -0.39 is 0 Å². The zero-order valence-electron chi connectivity index (χ0n) is 3.75. The normalized spacial score (nSPS) is 14.5. The Labute approximate surface area is 45.9 Å². The molecule has 38 valence electrons. The smallest absolute Gasteiger partial charge is 0.102 e. The summed E-state index contributed by atoms with van der Waals surface area (Å²) in [4.78, 5) is 0.0810. The van der Waals surface area contributed by atoms with Crippen LogP contribution in [0.25, 0.3) is 0 Å². The van der Waals surface area contributed by atoms with Crippen LogP contribution in [0.3, 0.4) is 0 Å². The first-order valence-electron chi connectivity index (χ1n) is 2.01. The topological polar surface area (TPSA) is 0 Å². The average Bonchev–Trinajstić information content (AvgIpc) is 1.65. The van der Waals surface area contributed by atoms with Gasteiger partial charge in [0.2, 0.25) is 0 Å². The number of hydrogen-bond donors (Lipinski definition) is 0. The van der Waals surface area contributed by atoms with E-state index in [0.717, 1.165) is 6.42 Å². The Balaban J connectivity index is 2.75. The molecule has 0 aromatic rings. The summed E-state index contributed by atoms with van der Waals surface area (Å²) in [5.74, 6) is 0. The van der Waals surface area contributed by atoms with Crippen LogP contribution >= 0.6 is 15.9 Å². The zero-order valence-corrected chi connectivity index (χ0v) is 5.33. The average molecular weight is 155 g/mol. The van der Waals surface area contributed by atoms with Crippen LogP contribution in [-0.4, -0.2) is 11.5 Å². The fourth-order valence-electron chi connectivity index (χ4n) is 0.109. The second-order valence-electron chi connectivity index (χ2n) is 1.16. The molecule has 1 atom stereocenters. The largest absolute Gasteiger partial charge is 0.250 e. The summed E-state index contributed by atoms with van der Waals surface area (Å²) in [5, 5.41) is 0. The van der Waals surface area contributed by atoms with Gasteiger partial charge in [0.15, 0.2) is 0 Å². The third kappa shape index (κ3) is 2.64. The van der Waals surface area contributed by atoms with Gasteiger partial charge >= 0.3 is 0 Å². The van der Waals surface area contributed by atoms with Gasteiger partial charge in [-0.1, -0.05) is 22.9 Å². The molecule has 6 heavy (non-hydrogen) atoms. The monoisotopic (exact) mass is 154 g/mol. The van der Waals surface area contributed by atoms with E-state index in [2.05, 4.69) is 15.9 Å². The van der Waals surface area contributed by atoms with Gasteiger partial charge in [-0.3, -0.25) is 0 Å². The maximum atomic E-state index is 11.3. The van der Waals surface area contributed by atoms with Gasteiger partial charge in [-0.15, -0.1) is 0 Å². The fraction of sp³-hybridized carbons (Fsp3) is 1.00. The predicted octanol–water partition coefficient (Wildman–Crippen LogP) is 2.13. The standard InChI is InChI=1S/C4H8BrF/c1-2-4(5)3-6/h4H,2-3H2,1H3. The Morgan fingerprint density at radius 3 is 2.33 bits per heavy atom. The molecule has 0 spiro atoms. The van der Waals surface area contributed by atoms with E-state index in [0.29, 0.717) is 0 Å². The van der Waals surface area contributed by atoms with Crippen LogP contribution in [0.5, 0.6) is 0 Å². The third-order valence-corrected chi connectivity index (χ3v) is 1.50. The molecule has 1 unspecified atom stereocenters. The molecule has 2 heteroatoms. The van der Waals surface area contributed by atoms with Crippen molar-refractivity contribution < 1.29 is 4.39 Å². The quantitative estimate of drug-likeness (QED) is 0.535.